The highest BCUT2D eigenvalue weighted by molar-refractivity contribution is 5.93. The molecule has 0 aliphatic carbocycles. The molecule has 5 nitrogen and oxygen atoms in total. The number of hydrogen-bond donors (Lipinski definition) is 2. The first-order chi connectivity index (χ1) is 20.6. The molecule has 2 N–H and O–H groups in total. The zero-order valence-corrected chi connectivity index (χ0v) is 23.8. The lowest BCUT2D eigenvalue weighted by atomic mass is 9.88. The van der Waals surface area contributed by atoms with Gasteiger partial charge in [0.05, 0.1) is 6.61 Å². The molecule has 1 aliphatic rings. The number of likely N-dealkylation sites (tertiary alicyclic amines) is 1. The van der Waals surface area contributed by atoms with Crippen molar-refractivity contribution in [3.63, 3.8) is 0 Å². The van der Waals surface area contributed by atoms with Gasteiger partial charge in [0.1, 0.15) is 30.0 Å². The summed E-state index contributed by atoms with van der Waals surface area (Å²) in [5.74, 6) is 1.29. The maximum Gasteiger partial charge on any atom is 0.119 e. The van der Waals surface area contributed by atoms with Crippen molar-refractivity contribution in [1.29, 1.82) is 0 Å². The number of rotatable bonds is 10. The zero-order chi connectivity index (χ0) is 28.7. The first kappa shape index (κ1) is 27.8. The van der Waals surface area contributed by atoms with Crippen LogP contribution in [0.3, 0.4) is 0 Å². The van der Waals surface area contributed by atoms with Crippen LogP contribution >= 0.6 is 0 Å². The summed E-state index contributed by atoms with van der Waals surface area (Å²) in [5, 5.41) is 22.1. The fourth-order valence-electron chi connectivity index (χ4n) is 5.83. The summed E-state index contributed by atoms with van der Waals surface area (Å²) in [6, 6.07) is 35.2. The first-order valence-corrected chi connectivity index (χ1v) is 14.8. The number of benzene rings is 5. The molecule has 1 fully saturated rings. The first-order valence-electron chi connectivity index (χ1n) is 14.8. The number of aromatic hydroxyl groups is 2. The van der Waals surface area contributed by atoms with Crippen molar-refractivity contribution in [1.82, 2.24) is 4.90 Å². The van der Waals surface area contributed by atoms with Crippen molar-refractivity contribution >= 4 is 10.8 Å². The smallest absolute Gasteiger partial charge is 0.119 e. The van der Waals surface area contributed by atoms with Gasteiger partial charge >= 0.3 is 0 Å². The Morgan fingerprint density at radius 2 is 1.45 bits per heavy atom. The van der Waals surface area contributed by atoms with Crippen molar-refractivity contribution in [2.75, 3.05) is 26.2 Å². The van der Waals surface area contributed by atoms with Gasteiger partial charge in [-0.05, 0) is 95.4 Å². The van der Waals surface area contributed by atoms with Crippen LogP contribution in [0.5, 0.6) is 17.2 Å². The Kier molecular flexibility index (Phi) is 8.69. The van der Waals surface area contributed by atoms with E-state index < -0.39 is 6.10 Å². The average Bonchev–Trinajstić information content (AvgIpc) is 3.03. The highest BCUT2D eigenvalue weighted by atomic mass is 16.5. The van der Waals surface area contributed by atoms with Gasteiger partial charge in [-0.25, -0.2) is 0 Å². The third-order valence-corrected chi connectivity index (χ3v) is 8.05. The molecule has 0 radical (unpaired) electrons. The summed E-state index contributed by atoms with van der Waals surface area (Å²) in [6.45, 7) is 4.38. The van der Waals surface area contributed by atoms with E-state index in [4.69, 9.17) is 9.47 Å². The van der Waals surface area contributed by atoms with E-state index in [0.29, 0.717) is 13.2 Å². The second-order valence-electron chi connectivity index (χ2n) is 11.0. The Bertz CT molecular complexity index is 1590. The molecule has 5 aromatic carbocycles. The molecule has 1 aliphatic heterocycles. The summed E-state index contributed by atoms with van der Waals surface area (Å²) in [6.07, 6.45) is 3.49. The maximum absolute atomic E-state index is 10.3. The van der Waals surface area contributed by atoms with E-state index in [2.05, 4.69) is 35.2 Å². The van der Waals surface area contributed by atoms with E-state index in [0.717, 1.165) is 64.0 Å². The molecule has 0 amide bonds. The Morgan fingerprint density at radius 1 is 0.714 bits per heavy atom. The monoisotopic (exact) mass is 559 g/mol. The molecule has 0 spiro atoms. The fraction of sp³-hybridized carbons (Fsp3) is 0.243. The summed E-state index contributed by atoms with van der Waals surface area (Å²) < 4.78 is 12.9. The van der Waals surface area contributed by atoms with Crippen LogP contribution in [0.15, 0.2) is 109 Å². The van der Waals surface area contributed by atoms with Gasteiger partial charge in [0.15, 0.2) is 0 Å². The molecule has 6 rings (SSSR count). The van der Waals surface area contributed by atoms with Crippen LogP contribution in [0.25, 0.3) is 21.9 Å². The molecule has 5 aromatic rings. The standard InChI is InChI=1S/C37H37NO4/c39-31-14-9-28(10-15-31)34-19-13-30-25-32(40)16-20-35(30)36(34)37(42-26-27-7-3-1-4-8-27)29-11-17-33(18-12-29)41-24-23-38-21-5-2-6-22-38/h1,3-4,7-20,25,37,39-40H,2,5-6,21-24,26H2. The minimum Gasteiger partial charge on any atom is -0.508 e. The molecule has 1 unspecified atom stereocenters. The van der Waals surface area contributed by atoms with Gasteiger partial charge < -0.3 is 19.7 Å². The molecule has 0 bridgehead atoms. The number of ether oxygens (including phenoxy) is 2. The lowest BCUT2D eigenvalue weighted by Crippen LogP contribution is -2.33. The lowest BCUT2D eigenvalue weighted by molar-refractivity contribution is 0.0679. The quantitative estimate of drug-likeness (QED) is 0.181. The highest BCUT2D eigenvalue weighted by Gasteiger charge is 2.23. The van der Waals surface area contributed by atoms with Crippen LogP contribution < -0.4 is 4.74 Å². The van der Waals surface area contributed by atoms with E-state index in [1.54, 1.807) is 24.3 Å². The van der Waals surface area contributed by atoms with E-state index in [1.165, 1.54) is 19.3 Å². The highest BCUT2D eigenvalue weighted by Crippen LogP contribution is 2.41. The topological polar surface area (TPSA) is 62.2 Å². The minimum absolute atomic E-state index is 0.221. The maximum atomic E-state index is 10.3. The predicted molar refractivity (Wildman–Crippen MR) is 168 cm³/mol. The zero-order valence-electron chi connectivity index (χ0n) is 23.8. The van der Waals surface area contributed by atoms with Gasteiger partial charge in [-0.2, -0.15) is 0 Å². The average molecular weight is 560 g/mol. The van der Waals surface area contributed by atoms with Gasteiger partial charge in [-0.15, -0.1) is 0 Å². The largest absolute Gasteiger partial charge is 0.508 e. The van der Waals surface area contributed by atoms with Crippen LogP contribution in [-0.2, 0) is 11.3 Å². The molecular formula is C37H37NO4. The summed E-state index contributed by atoms with van der Waals surface area (Å²) in [4.78, 5) is 2.48. The summed E-state index contributed by atoms with van der Waals surface area (Å²) in [5.41, 5.74) is 5.09. The van der Waals surface area contributed by atoms with E-state index >= 15 is 0 Å². The normalized spacial score (nSPS) is 14.6. The number of fused-ring (bicyclic) bond motifs is 1. The van der Waals surface area contributed by atoms with Gasteiger partial charge in [-0.1, -0.05) is 79.2 Å². The molecule has 5 heteroatoms. The van der Waals surface area contributed by atoms with Crippen LogP contribution in [0.1, 0.15) is 42.1 Å². The number of phenolic OH excluding ortho intramolecular Hbond substituents is 2. The summed E-state index contributed by atoms with van der Waals surface area (Å²) in [7, 11) is 0. The Hall–Kier alpha value is -4.32. The number of hydrogen-bond acceptors (Lipinski definition) is 5. The molecule has 42 heavy (non-hydrogen) atoms. The van der Waals surface area contributed by atoms with Crippen LogP contribution in [0.4, 0.5) is 0 Å². The van der Waals surface area contributed by atoms with Gasteiger partial charge in [0.2, 0.25) is 0 Å². The molecule has 214 valence electrons. The van der Waals surface area contributed by atoms with E-state index in [1.807, 2.05) is 54.6 Å². The predicted octanol–water partition coefficient (Wildman–Crippen LogP) is 8.09. The van der Waals surface area contributed by atoms with Gasteiger partial charge in [-0.3, -0.25) is 4.90 Å². The van der Waals surface area contributed by atoms with Crippen molar-refractivity contribution in [3.8, 4) is 28.4 Å². The Labute approximate surface area is 247 Å². The van der Waals surface area contributed by atoms with Gasteiger partial charge in [0.25, 0.3) is 0 Å². The van der Waals surface area contributed by atoms with E-state index in [9.17, 15) is 10.2 Å². The van der Waals surface area contributed by atoms with Crippen molar-refractivity contribution in [3.05, 3.63) is 126 Å². The lowest BCUT2D eigenvalue weighted by Gasteiger charge is -2.26. The second kappa shape index (κ2) is 13.1. The number of nitrogens with zero attached hydrogens (tertiary/aromatic N) is 1. The van der Waals surface area contributed by atoms with Crippen molar-refractivity contribution in [2.24, 2.45) is 0 Å². The second-order valence-corrected chi connectivity index (χ2v) is 11.0. The Morgan fingerprint density at radius 3 is 2.21 bits per heavy atom. The minimum atomic E-state index is -0.398. The van der Waals surface area contributed by atoms with Crippen LogP contribution in [0, 0.1) is 0 Å². The van der Waals surface area contributed by atoms with Crippen LogP contribution in [-0.4, -0.2) is 41.4 Å². The van der Waals surface area contributed by atoms with Crippen molar-refractivity contribution in [2.45, 2.75) is 32.0 Å². The molecule has 0 saturated carbocycles. The van der Waals surface area contributed by atoms with Crippen molar-refractivity contribution < 1.29 is 19.7 Å². The number of piperidine rings is 1. The molecule has 1 atom stereocenters. The third kappa shape index (κ3) is 6.59. The fourth-order valence-corrected chi connectivity index (χ4v) is 5.83. The SMILES string of the molecule is Oc1ccc(-c2ccc3cc(O)ccc3c2C(OCc2ccccc2)c2ccc(OCCN3CCCCC3)cc2)cc1. The molecule has 1 saturated heterocycles. The van der Waals surface area contributed by atoms with Gasteiger partial charge in [0, 0.05) is 12.1 Å². The summed E-state index contributed by atoms with van der Waals surface area (Å²) >= 11 is 0. The van der Waals surface area contributed by atoms with E-state index in [-0.39, 0.29) is 11.5 Å². The molecular weight excluding hydrogens is 522 g/mol. The molecule has 0 aromatic heterocycles. The number of phenols is 2. The Balaban J connectivity index is 1.36. The van der Waals surface area contributed by atoms with Crippen LogP contribution in [0.2, 0.25) is 0 Å². The molecule has 1 heterocycles. The third-order valence-electron chi connectivity index (χ3n) is 8.05.